The molecule has 0 aliphatic heterocycles. The fraction of sp³-hybridized carbons (Fsp3) is 0.167. The van der Waals surface area contributed by atoms with Gasteiger partial charge in [-0.3, -0.25) is 0 Å². The Balaban J connectivity index is 1.71. The number of benzene rings is 2. The van der Waals surface area contributed by atoms with E-state index in [0.717, 1.165) is 22.2 Å². The van der Waals surface area contributed by atoms with Crippen molar-refractivity contribution in [2.24, 2.45) is 0 Å². The molecular weight excluding hydrogens is 431 g/mol. The lowest BCUT2D eigenvalue weighted by atomic mass is 10.1. The molecule has 0 saturated carbocycles. The molecule has 0 bridgehead atoms. The van der Waals surface area contributed by atoms with Crippen molar-refractivity contribution in [3.63, 3.8) is 0 Å². The molecule has 2 aromatic heterocycles. The minimum atomic E-state index is -0.466. The number of esters is 1. The molecule has 0 aliphatic rings. The molecule has 4 aromatic rings. The number of aromatic nitrogens is 3. The summed E-state index contributed by atoms with van der Waals surface area (Å²) < 4.78 is 18.7. The van der Waals surface area contributed by atoms with Crippen LogP contribution in [0.4, 0.5) is 15.9 Å². The molecule has 0 N–H and O–H groups in total. The molecule has 0 spiro atoms. The molecule has 0 saturated heterocycles. The van der Waals surface area contributed by atoms with E-state index in [9.17, 15) is 9.18 Å². The standard InChI is InChI=1S/C24H20ClFN4O2/c1-2-32-24(31)23-17(13-16-5-3-4-6-20(16)29-23)11-12-30(19-9-7-18(26)8-10-19)22-14-21(25)27-15-28-22/h3-10,13-15H,2,11-12H2,1H3. The SMILES string of the molecule is CCOC(=O)c1nc2ccccc2cc1CCN(c1ccc(F)cc1)c1cc(Cl)ncn1. The molecule has 2 heterocycles. The number of hydrogen-bond donors (Lipinski definition) is 0. The van der Waals surface area contributed by atoms with Gasteiger partial charge >= 0.3 is 5.97 Å². The van der Waals surface area contributed by atoms with Gasteiger partial charge in [-0.25, -0.2) is 24.1 Å². The zero-order valence-electron chi connectivity index (χ0n) is 17.3. The number of ether oxygens (including phenoxy) is 1. The van der Waals surface area contributed by atoms with Gasteiger partial charge in [-0.2, -0.15) is 0 Å². The summed E-state index contributed by atoms with van der Waals surface area (Å²) in [5.41, 5.74) is 2.48. The minimum Gasteiger partial charge on any atom is -0.461 e. The first-order valence-corrected chi connectivity index (χ1v) is 10.5. The van der Waals surface area contributed by atoms with Crippen molar-refractivity contribution in [2.45, 2.75) is 13.3 Å². The smallest absolute Gasteiger partial charge is 0.357 e. The second-order valence-electron chi connectivity index (χ2n) is 6.99. The van der Waals surface area contributed by atoms with E-state index >= 15 is 0 Å². The molecule has 2 aromatic carbocycles. The van der Waals surface area contributed by atoms with Crippen LogP contribution in [0.15, 0.2) is 67.0 Å². The Hall–Kier alpha value is -3.58. The zero-order valence-corrected chi connectivity index (χ0v) is 18.1. The maximum Gasteiger partial charge on any atom is 0.357 e. The molecule has 4 rings (SSSR count). The van der Waals surface area contributed by atoms with Gasteiger partial charge in [-0.05, 0) is 55.3 Å². The third kappa shape index (κ3) is 4.84. The van der Waals surface area contributed by atoms with E-state index in [0.29, 0.717) is 23.9 Å². The number of pyridine rings is 1. The summed E-state index contributed by atoms with van der Waals surface area (Å²) in [4.78, 5) is 27.3. The van der Waals surface area contributed by atoms with Crippen LogP contribution in [0.2, 0.25) is 5.15 Å². The van der Waals surface area contributed by atoms with Gasteiger partial charge in [0.25, 0.3) is 0 Å². The Morgan fingerprint density at radius 2 is 1.88 bits per heavy atom. The summed E-state index contributed by atoms with van der Waals surface area (Å²) in [5, 5.41) is 1.22. The Morgan fingerprint density at radius 3 is 2.62 bits per heavy atom. The highest BCUT2D eigenvalue weighted by molar-refractivity contribution is 6.29. The fourth-order valence-corrected chi connectivity index (χ4v) is 3.57. The van der Waals surface area contributed by atoms with Crippen LogP contribution < -0.4 is 4.90 Å². The number of carbonyl (C=O) groups excluding carboxylic acids is 1. The van der Waals surface area contributed by atoms with Crippen molar-refractivity contribution in [1.82, 2.24) is 15.0 Å². The summed E-state index contributed by atoms with van der Waals surface area (Å²) in [7, 11) is 0. The summed E-state index contributed by atoms with van der Waals surface area (Å²) in [6.45, 7) is 2.45. The first-order chi connectivity index (χ1) is 15.5. The average Bonchev–Trinajstić information content (AvgIpc) is 2.80. The van der Waals surface area contributed by atoms with Gasteiger partial charge in [0.15, 0.2) is 5.69 Å². The quantitative estimate of drug-likeness (QED) is 0.278. The molecule has 0 atom stereocenters. The van der Waals surface area contributed by atoms with Crippen LogP contribution in [0, 0.1) is 5.82 Å². The number of hydrogen-bond acceptors (Lipinski definition) is 6. The van der Waals surface area contributed by atoms with E-state index in [1.165, 1.54) is 18.5 Å². The zero-order chi connectivity index (χ0) is 22.5. The van der Waals surface area contributed by atoms with Gasteiger partial charge in [-0.15, -0.1) is 0 Å². The van der Waals surface area contributed by atoms with Crippen molar-refractivity contribution in [3.05, 3.63) is 89.2 Å². The van der Waals surface area contributed by atoms with Crippen molar-refractivity contribution in [1.29, 1.82) is 0 Å². The van der Waals surface area contributed by atoms with E-state index in [-0.39, 0.29) is 18.1 Å². The third-order valence-electron chi connectivity index (χ3n) is 4.91. The Kier molecular flexibility index (Phi) is 6.56. The predicted molar refractivity (Wildman–Crippen MR) is 122 cm³/mol. The van der Waals surface area contributed by atoms with E-state index in [4.69, 9.17) is 16.3 Å². The number of rotatable bonds is 7. The summed E-state index contributed by atoms with van der Waals surface area (Å²) in [6.07, 6.45) is 1.83. The Bertz CT molecular complexity index is 1250. The predicted octanol–water partition coefficient (Wildman–Crippen LogP) is 5.37. The van der Waals surface area contributed by atoms with Gasteiger partial charge in [0, 0.05) is 23.7 Å². The molecule has 0 aliphatic carbocycles. The lowest BCUT2D eigenvalue weighted by Crippen LogP contribution is -2.23. The van der Waals surface area contributed by atoms with E-state index in [1.807, 2.05) is 35.2 Å². The van der Waals surface area contributed by atoms with Crippen LogP contribution in [0.25, 0.3) is 10.9 Å². The highest BCUT2D eigenvalue weighted by Crippen LogP contribution is 2.26. The lowest BCUT2D eigenvalue weighted by Gasteiger charge is -2.24. The maximum absolute atomic E-state index is 13.5. The second kappa shape index (κ2) is 9.70. The third-order valence-corrected chi connectivity index (χ3v) is 5.12. The lowest BCUT2D eigenvalue weighted by molar-refractivity contribution is 0.0518. The van der Waals surface area contributed by atoms with Crippen LogP contribution >= 0.6 is 11.6 Å². The van der Waals surface area contributed by atoms with Crippen LogP contribution in [-0.2, 0) is 11.2 Å². The van der Waals surface area contributed by atoms with Crippen LogP contribution in [-0.4, -0.2) is 34.1 Å². The highest BCUT2D eigenvalue weighted by Gasteiger charge is 2.18. The van der Waals surface area contributed by atoms with Gasteiger partial charge < -0.3 is 9.64 Å². The number of fused-ring (bicyclic) bond motifs is 1. The Morgan fingerprint density at radius 1 is 1.09 bits per heavy atom. The van der Waals surface area contributed by atoms with E-state index < -0.39 is 5.97 Å². The molecule has 32 heavy (non-hydrogen) atoms. The highest BCUT2D eigenvalue weighted by atomic mass is 35.5. The fourth-order valence-electron chi connectivity index (χ4n) is 3.43. The van der Waals surface area contributed by atoms with Gasteiger partial charge in [0.1, 0.15) is 23.1 Å². The number of anilines is 2. The summed E-state index contributed by atoms with van der Waals surface area (Å²) >= 11 is 6.08. The van der Waals surface area contributed by atoms with Crippen molar-refractivity contribution in [3.8, 4) is 0 Å². The first-order valence-electron chi connectivity index (χ1n) is 10.1. The summed E-state index contributed by atoms with van der Waals surface area (Å²) in [5.74, 6) is -0.243. The molecule has 0 fully saturated rings. The molecule has 0 unspecified atom stereocenters. The molecule has 6 nitrogen and oxygen atoms in total. The molecule has 0 amide bonds. The van der Waals surface area contributed by atoms with Crippen LogP contribution in [0.1, 0.15) is 23.0 Å². The van der Waals surface area contributed by atoms with Crippen LogP contribution in [0.5, 0.6) is 0 Å². The Labute approximate surface area is 189 Å². The van der Waals surface area contributed by atoms with E-state index in [2.05, 4.69) is 15.0 Å². The van der Waals surface area contributed by atoms with Gasteiger partial charge in [0.05, 0.1) is 12.1 Å². The largest absolute Gasteiger partial charge is 0.461 e. The van der Waals surface area contributed by atoms with Gasteiger partial charge in [-0.1, -0.05) is 29.8 Å². The van der Waals surface area contributed by atoms with Crippen molar-refractivity contribution in [2.75, 3.05) is 18.1 Å². The van der Waals surface area contributed by atoms with Gasteiger partial charge in [0.2, 0.25) is 0 Å². The number of para-hydroxylation sites is 1. The maximum atomic E-state index is 13.5. The molecular formula is C24H20ClFN4O2. The van der Waals surface area contributed by atoms with E-state index in [1.54, 1.807) is 25.1 Å². The summed E-state index contributed by atoms with van der Waals surface area (Å²) in [6, 6.07) is 17.3. The molecule has 8 heteroatoms. The average molecular weight is 451 g/mol. The topological polar surface area (TPSA) is 68.2 Å². The van der Waals surface area contributed by atoms with Crippen molar-refractivity contribution >= 4 is 40.0 Å². The van der Waals surface area contributed by atoms with Crippen LogP contribution in [0.3, 0.4) is 0 Å². The normalized spacial score (nSPS) is 10.8. The number of nitrogens with zero attached hydrogens (tertiary/aromatic N) is 4. The molecule has 162 valence electrons. The number of carbonyl (C=O) groups is 1. The molecule has 0 radical (unpaired) electrons. The monoisotopic (exact) mass is 450 g/mol. The number of halogens is 2. The first kappa shape index (κ1) is 21.6. The minimum absolute atomic E-state index is 0.258. The second-order valence-corrected chi connectivity index (χ2v) is 7.37. The van der Waals surface area contributed by atoms with Crippen molar-refractivity contribution < 1.29 is 13.9 Å².